The van der Waals surface area contributed by atoms with Gasteiger partial charge in [-0.05, 0) is 39.5 Å². The van der Waals surface area contributed by atoms with Crippen LogP contribution in [0.3, 0.4) is 0 Å². The van der Waals surface area contributed by atoms with Gasteiger partial charge < -0.3 is 14.6 Å². The van der Waals surface area contributed by atoms with Crippen molar-refractivity contribution in [1.29, 1.82) is 0 Å². The molecular formula is C14H26N2O. The number of aryl methyl sites for hydroxylation is 1. The van der Waals surface area contributed by atoms with Gasteiger partial charge in [0.25, 0.3) is 0 Å². The Balaban J connectivity index is 2.49. The molecule has 0 fully saturated rings. The highest BCUT2D eigenvalue weighted by molar-refractivity contribution is 5.20. The number of hydrogen-bond acceptors (Lipinski definition) is 3. The summed E-state index contributed by atoms with van der Waals surface area (Å²) in [6.45, 7) is 10.3. The summed E-state index contributed by atoms with van der Waals surface area (Å²) in [5.74, 6) is 2.10. The molecule has 0 radical (unpaired) electrons. The van der Waals surface area contributed by atoms with E-state index in [2.05, 4.69) is 44.1 Å². The summed E-state index contributed by atoms with van der Waals surface area (Å²) in [6, 6.07) is 2.18. The van der Waals surface area contributed by atoms with Crippen LogP contribution in [0.2, 0.25) is 0 Å². The monoisotopic (exact) mass is 238 g/mol. The summed E-state index contributed by atoms with van der Waals surface area (Å²) in [4.78, 5) is 2.36. The van der Waals surface area contributed by atoms with Gasteiger partial charge in [-0.25, -0.2) is 0 Å². The SMILES string of the molecule is CCCCN(C)Cc1cc(CNCC)oc1C. The predicted molar refractivity (Wildman–Crippen MR) is 72.1 cm³/mol. The molecule has 0 atom stereocenters. The summed E-state index contributed by atoms with van der Waals surface area (Å²) in [5.41, 5.74) is 1.32. The standard InChI is InChI=1S/C14H26N2O/c1-5-7-8-16(4)11-13-9-14(10-15-6-2)17-12(13)3/h9,15H,5-8,10-11H2,1-4H3. The van der Waals surface area contributed by atoms with Gasteiger partial charge in [0, 0.05) is 12.1 Å². The fourth-order valence-electron chi connectivity index (χ4n) is 1.88. The molecule has 0 amide bonds. The molecule has 0 aliphatic rings. The molecule has 0 aliphatic heterocycles. The Morgan fingerprint density at radius 3 is 2.76 bits per heavy atom. The molecule has 0 saturated heterocycles. The van der Waals surface area contributed by atoms with E-state index < -0.39 is 0 Å². The molecule has 1 rings (SSSR count). The second kappa shape index (κ2) is 7.51. The second-order valence-corrected chi connectivity index (χ2v) is 4.67. The smallest absolute Gasteiger partial charge is 0.118 e. The highest BCUT2D eigenvalue weighted by Crippen LogP contribution is 2.16. The third-order valence-electron chi connectivity index (χ3n) is 2.95. The molecular weight excluding hydrogens is 212 g/mol. The van der Waals surface area contributed by atoms with Crippen molar-refractivity contribution in [1.82, 2.24) is 10.2 Å². The van der Waals surface area contributed by atoms with Gasteiger partial charge >= 0.3 is 0 Å². The zero-order chi connectivity index (χ0) is 12.7. The maximum Gasteiger partial charge on any atom is 0.118 e. The van der Waals surface area contributed by atoms with Crippen molar-refractivity contribution < 1.29 is 4.42 Å². The van der Waals surface area contributed by atoms with Crippen LogP contribution in [0.25, 0.3) is 0 Å². The number of furan rings is 1. The highest BCUT2D eigenvalue weighted by atomic mass is 16.3. The molecule has 98 valence electrons. The molecule has 1 aromatic heterocycles. The Morgan fingerprint density at radius 2 is 2.12 bits per heavy atom. The van der Waals surface area contributed by atoms with Crippen molar-refractivity contribution >= 4 is 0 Å². The van der Waals surface area contributed by atoms with Gasteiger partial charge in [0.1, 0.15) is 11.5 Å². The number of rotatable bonds is 8. The molecule has 0 unspecified atom stereocenters. The number of hydrogen-bond donors (Lipinski definition) is 1. The Morgan fingerprint density at radius 1 is 1.35 bits per heavy atom. The molecule has 17 heavy (non-hydrogen) atoms. The average molecular weight is 238 g/mol. The lowest BCUT2D eigenvalue weighted by atomic mass is 10.2. The van der Waals surface area contributed by atoms with E-state index >= 15 is 0 Å². The zero-order valence-corrected chi connectivity index (χ0v) is 11.7. The molecule has 0 bridgehead atoms. The van der Waals surface area contributed by atoms with Crippen LogP contribution in [0.4, 0.5) is 0 Å². The quantitative estimate of drug-likeness (QED) is 0.755. The fourth-order valence-corrected chi connectivity index (χ4v) is 1.88. The number of nitrogens with one attached hydrogen (secondary N) is 1. The third kappa shape index (κ3) is 4.92. The molecule has 1 heterocycles. The fraction of sp³-hybridized carbons (Fsp3) is 0.714. The molecule has 3 heteroatoms. The van der Waals surface area contributed by atoms with E-state index in [1.807, 2.05) is 0 Å². The molecule has 0 aromatic carbocycles. The van der Waals surface area contributed by atoms with Crippen molar-refractivity contribution in [2.24, 2.45) is 0 Å². The summed E-state index contributed by atoms with van der Waals surface area (Å²) in [5, 5.41) is 3.29. The van der Waals surface area contributed by atoms with E-state index in [0.29, 0.717) is 0 Å². The average Bonchev–Trinajstić information content (AvgIpc) is 2.65. The lowest BCUT2D eigenvalue weighted by Crippen LogP contribution is -2.19. The van der Waals surface area contributed by atoms with Gasteiger partial charge in [0.2, 0.25) is 0 Å². The van der Waals surface area contributed by atoms with Crippen LogP contribution >= 0.6 is 0 Å². The lowest BCUT2D eigenvalue weighted by Gasteiger charge is -2.15. The first-order valence-corrected chi connectivity index (χ1v) is 6.64. The van der Waals surface area contributed by atoms with E-state index in [0.717, 1.165) is 37.7 Å². The first-order valence-electron chi connectivity index (χ1n) is 6.64. The van der Waals surface area contributed by atoms with E-state index in [-0.39, 0.29) is 0 Å². The molecule has 0 saturated carbocycles. The Bertz CT molecular complexity index is 320. The van der Waals surface area contributed by atoms with Gasteiger partial charge in [-0.2, -0.15) is 0 Å². The predicted octanol–water partition coefficient (Wildman–Crippen LogP) is 2.93. The van der Waals surface area contributed by atoms with Gasteiger partial charge in [0.15, 0.2) is 0 Å². The number of nitrogens with zero attached hydrogens (tertiary/aromatic N) is 1. The Hall–Kier alpha value is -0.800. The van der Waals surface area contributed by atoms with Crippen LogP contribution in [0.15, 0.2) is 10.5 Å². The van der Waals surface area contributed by atoms with Gasteiger partial charge in [-0.15, -0.1) is 0 Å². The largest absolute Gasteiger partial charge is 0.465 e. The van der Waals surface area contributed by atoms with E-state index in [1.54, 1.807) is 0 Å². The maximum absolute atomic E-state index is 5.73. The van der Waals surface area contributed by atoms with Gasteiger partial charge in [-0.1, -0.05) is 20.3 Å². The Kier molecular flexibility index (Phi) is 6.30. The number of unbranched alkanes of at least 4 members (excludes halogenated alkanes) is 1. The molecule has 1 N–H and O–H groups in total. The maximum atomic E-state index is 5.73. The van der Waals surface area contributed by atoms with Crippen LogP contribution in [0, 0.1) is 6.92 Å². The van der Waals surface area contributed by atoms with Crippen LogP contribution < -0.4 is 5.32 Å². The zero-order valence-electron chi connectivity index (χ0n) is 11.7. The normalized spacial score (nSPS) is 11.4. The minimum atomic E-state index is 0.829. The minimum absolute atomic E-state index is 0.829. The lowest BCUT2D eigenvalue weighted by molar-refractivity contribution is 0.318. The van der Waals surface area contributed by atoms with Crippen LogP contribution in [0.1, 0.15) is 43.8 Å². The van der Waals surface area contributed by atoms with Crippen LogP contribution in [-0.2, 0) is 13.1 Å². The summed E-state index contributed by atoms with van der Waals surface area (Å²) >= 11 is 0. The highest BCUT2D eigenvalue weighted by Gasteiger charge is 2.09. The molecule has 0 aliphatic carbocycles. The van der Waals surface area contributed by atoms with Crippen LogP contribution in [-0.4, -0.2) is 25.0 Å². The minimum Gasteiger partial charge on any atom is -0.465 e. The first-order chi connectivity index (χ1) is 8.17. The first kappa shape index (κ1) is 14.3. The molecule has 3 nitrogen and oxygen atoms in total. The summed E-state index contributed by atoms with van der Waals surface area (Å²) in [7, 11) is 2.17. The van der Waals surface area contributed by atoms with E-state index in [4.69, 9.17) is 4.42 Å². The third-order valence-corrected chi connectivity index (χ3v) is 2.95. The second-order valence-electron chi connectivity index (χ2n) is 4.67. The summed E-state index contributed by atoms with van der Waals surface area (Å²) in [6.07, 6.45) is 2.51. The van der Waals surface area contributed by atoms with Crippen molar-refractivity contribution in [3.8, 4) is 0 Å². The Labute approximate surface area is 105 Å². The van der Waals surface area contributed by atoms with Crippen molar-refractivity contribution in [3.63, 3.8) is 0 Å². The molecule has 1 aromatic rings. The topological polar surface area (TPSA) is 28.4 Å². The van der Waals surface area contributed by atoms with Gasteiger partial charge in [-0.3, -0.25) is 0 Å². The van der Waals surface area contributed by atoms with Crippen molar-refractivity contribution in [2.75, 3.05) is 20.1 Å². The van der Waals surface area contributed by atoms with E-state index in [9.17, 15) is 0 Å². The van der Waals surface area contributed by atoms with Crippen LogP contribution in [0.5, 0.6) is 0 Å². The summed E-state index contributed by atoms with van der Waals surface area (Å²) < 4.78 is 5.73. The van der Waals surface area contributed by atoms with Crippen molar-refractivity contribution in [2.45, 2.75) is 46.7 Å². The van der Waals surface area contributed by atoms with Gasteiger partial charge in [0.05, 0.1) is 6.54 Å². The molecule has 0 spiro atoms. The van der Waals surface area contributed by atoms with Crippen molar-refractivity contribution in [3.05, 3.63) is 23.2 Å². The van der Waals surface area contributed by atoms with E-state index in [1.165, 1.54) is 18.4 Å².